The number of hydrogen-bond acceptors (Lipinski definition) is 2. The van der Waals surface area contributed by atoms with Gasteiger partial charge in [0.2, 0.25) is 5.91 Å². The summed E-state index contributed by atoms with van der Waals surface area (Å²) in [7, 11) is 0. The molecule has 25 heavy (non-hydrogen) atoms. The molecule has 2 unspecified atom stereocenters. The number of aliphatic imine (C=N–C) groups is 1. The first kappa shape index (κ1) is 20.3. The number of carbonyl (C=O) groups is 1. The number of guanidine groups is 1. The van der Waals surface area contributed by atoms with Crippen LogP contribution in [0, 0.1) is 5.92 Å². The van der Waals surface area contributed by atoms with Crippen molar-refractivity contribution in [3.8, 4) is 0 Å². The third-order valence-corrected chi connectivity index (χ3v) is 4.60. The minimum absolute atomic E-state index is 0. The van der Waals surface area contributed by atoms with Crippen LogP contribution in [0.2, 0.25) is 5.02 Å². The zero-order valence-corrected chi connectivity index (χ0v) is 17.5. The average Bonchev–Trinajstić information content (AvgIpc) is 3.45. The fourth-order valence-electron chi connectivity index (χ4n) is 2.79. The molecule has 3 rings (SSSR count). The summed E-state index contributed by atoms with van der Waals surface area (Å²) in [5.41, 5.74) is 1.27. The van der Waals surface area contributed by atoms with Crippen molar-refractivity contribution in [3.05, 3.63) is 34.9 Å². The van der Waals surface area contributed by atoms with Crippen LogP contribution in [0.5, 0.6) is 0 Å². The molecule has 1 aromatic rings. The van der Waals surface area contributed by atoms with Crippen molar-refractivity contribution in [1.82, 2.24) is 16.0 Å². The number of hydrogen-bond donors (Lipinski definition) is 3. The molecule has 7 heteroatoms. The zero-order valence-electron chi connectivity index (χ0n) is 14.4. The molecule has 2 fully saturated rings. The highest BCUT2D eigenvalue weighted by atomic mass is 127. The van der Waals surface area contributed by atoms with Crippen LogP contribution in [0.15, 0.2) is 29.3 Å². The lowest BCUT2D eigenvalue weighted by Gasteiger charge is -2.11. The van der Waals surface area contributed by atoms with Crippen molar-refractivity contribution < 1.29 is 4.79 Å². The quantitative estimate of drug-likeness (QED) is 0.245. The Morgan fingerprint density at radius 3 is 2.80 bits per heavy atom. The van der Waals surface area contributed by atoms with Crippen LogP contribution >= 0.6 is 35.6 Å². The molecular formula is C18H26ClIN4O. The van der Waals surface area contributed by atoms with E-state index in [9.17, 15) is 4.79 Å². The number of benzene rings is 1. The number of halogens is 2. The van der Waals surface area contributed by atoms with Gasteiger partial charge in [-0.05, 0) is 43.9 Å². The maximum Gasteiger partial charge on any atom is 0.223 e. The van der Waals surface area contributed by atoms with Crippen LogP contribution in [0.4, 0.5) is 0 Å². The van der Waals surface area contributed by atoms with Crippen LogP contribution in [-0.4, -0.2) is 37.5 Å². The van der Waals surface area contributed by atoms with E-state index in [2.05, 4.69) is 27.0 Å². The van der Waals surface area contributed by atoms with E-state index in [4.69, 9.17) is 11.6 Å². The molecule has 0 aliphatic heterocycles. The maximum atomic E-state index is 11.6. The van der Waals surface area contributed by atoms with E-state index in [1.807, 2.05) is 25.1 Å². The molecule has 0 radical (unpaired) electrons. The van der Waals surface area contributed by atoms with Gasteiger partial charge < -0.3 is 16.0 Å². The highest BCUT2D eigenvalue weighted by molar-refractivity contribution is 14.0. The molecule has 1 aromatic carbocycles. The summed E-state index contributed by atoms with van der Waals surface area (Å²) < 4.78 is 0. The van der Waals surface area contributed by atoms with Gasteiger partial charge >= 0.3 is 0 Å². The van der Waals surface area contributed by atoms with Gasteiger partial charge in [-0.15, -0.1) is 24.0 Å². The third kappa shape index (κ3) is 6.33. The molecular weight excluding hydrogens is 451 g/mol. The second kappa shape index (κ2) is 9.62. The minimum atomic E-state index is 0. The highest BCUT2D eigenvalue weighted by Gasteiger charge is 2.39. The number of nitrogens with one attached hydrogen (secondary N) is 3. The molecule has 2 saturated carbocycles. The predicted molar refractivity (Wildman–Crippen MR) is 113 cm³/mol. The Morgan fingerprint density at radius 1 is 1.32 bits per heavy atom. The minimum Gasteiger partial charge on any atom is -0.357 e. The summed E-state index contributed by atoms with van der Waals surface area (Å²) in [5, 5.41) is 10.4. The largest absolute Gasteiger partial charge is 0.357 e. The molecule has 0 aromatic heterocycles. The van der Waals surface area contributed by atoms with Crippen LogP contribution in [0.3, 0.4) is 0 Å². The second-order valence-electron chi connectivity index (χ2n) is 6.47. The van der Waals surface area contributed by atoms with E-state index in [0.29, 0.717) is 25.0 Å². The Morgan fingerprint density at radius 2 is 2.12 bits per heavy atom. The lowest BCUT2D eigenvalue weighted by atomic mass is 10.1. The molecule has 0 saturated heterocycles. The number of rotatable bonds is 7. The van der Waals surface area contributed by atoms with Gasteiger partial charge in [0.05, 0.1) is 6.54 Å². The van der Waals surface area contributed by atoms with E-state index >= 15 is 0 Å². The Balaban J connectivity index is 0.00000225. The first-order chi connectivity index (χ1) is 11.7. The second-order valence-corrected chi connectivity index (χ2v) is 6.91. The van der Waals surface area contributed by atoms with Gasteiger partial charge in [-0.2, -0.15) is 0 Å². The van der Waals surface area contributed by atoms with Crippen LogP contribution < -0.4 is 16.0 Å². The normalized spacial score (nSPS) is 21.9. The molecule has 2 aliphatic carbocycles. The van der Waals surface area contributed by atoms with Crippen molar-refractivity contribution in [1.29, 1.82) is 0 Å². The number of amides is 1. The Hall–Kier alpha value is -1.02. The first-order valence-corrected chi connectivity index (χ1v) is 9.13. The molecule has 138 valence electrons. The molecule has 0 heterocycles. The molecule has 1 amide bonds. The van der Waals surface area contributed by atoms with Crippen molar-refractivity contribution in [2.75, 3.05) is 19.6 Å². The summed E-state index contributed by atoms with van der Waals surface area (Å²) in [6.45, 7) is 4.04. The summed E-state index contributed by atoms with van der Waals surface area (Å²) in [6, 6.07) is 8.44. The van der Waals surface area contributed by atoms with Crippen LogP contribution in [0.25, 0.3) is 0 Å². The van der Waals surface area contributed by atoms with Crippen molar-refractivity contribution in [3.63, 3.8) is 0 Å². The van der Waals surface area contributed by atoms with E-state index < -0.39 is 0 Å². The summed E-state index contributed by atoms with van der Waals surface area (Å²) in [6.07, 6.45) is 3.15. The van der Waals surface area contributed by atoms with Crippen LogP contribution in [-0.2, 0) is 4.79 Å². The lowest BCUT2D eigenvalue weighted by Crippen LogP contribution is -2.39. The van der Waals surface area contributed by atoms with Crippen molar-refractivity contribution in [2.45, 2.75) is 38.1 Å². The smallest absolute Gasteiger partial charge is 0.223 e. The van der Waals surface area contributed by atoms with E-state index in [-0.39, 0.29) is 35.8 Å². The van der Waals surface area contributed by atoms with Gasteiger partial charge in [0.25, 0.3) is 0 Å². The molecule has 0 bridgehead atoms. The van der Waals surface area contributed by atoms with Gasteiger partial charge in [0.15, 0.2) is 5.96 Å². The third-order valence-electron chi connectivity index (χ3n) is 4.36. The van der Waals surface area contributed by atoms with Crippen molar-refractivity contribution >= 4 is 47.4 Å². The molecule has 0 spiro atoms. The standard InChI is InChI=1S/C18H25ClN4O.HI/c1-2-20-18(22-9-8-21-17(24)12-6-7-12)23-16-11-15(16)13-4-3-5-14(19)10-13;/h3-5,10,12,15-16H,2,6-9,11H2,1H3,(H,21,24)(H2,20,22,23);1H. The fraction of sp³-hybridized carbons (Fsp3) is 0.556. The van der Waals surface area contributed by atoms with Gasteiger partial charge in [0.1, 0.15) is 0 Å². The van der Waals surface area contributed by atoms with Gasteiger partial charge in [-0.1, -0.05) is 23.7 Å². The summed E-state index contributed by atoms with van der Waals surface area (Å²) in [4.78, 5) is 16.1. The SMILES string of the molecule is CCNC(=NCCNC(=O)C1CC1)NC1CC1c1cccc(Cl)c1.I. The lowest BCUT2D eigenvalue weighted by molar-refractivity contribution is -0.122. The van der Waals surface area contributed by atoms with E-state index in [0.717, 1.165) is 36.8 Å². The molecule has 3 N–H and O–H groups in total. The molecule has 2 aliphatic rings. The molecule has 2 atom stereocenters. The van der Waals surface area contributed by atoms with Gasteiger partial charge in [-0.25, -0.2) is 0 Å². The number of carbonyl (C=O) groups excluding carboxylic acids is 1. The maximum absolute atomic E-state index is 11.6. The van der Waals surface area contributed by atoms with E-state index in [1.54, 1.807) is 0 Å². The zero-order chi connectivity index (χ0) is 16.9. The molecule has 5 nitrogen and oxygen atoms in total. The summed E-state index contributed by atoms with van der Waals surface area (Å²) in [5.74, 6) is 1.73. The monoisotopic (exact) mass is 476 g/mol. The predicted octanol–water partition coefficient (Wildman–Crippen LogP) is 2.90. The van der Waals surface area contributed by atoms with Gasteiger partial charge in [-0.3, -0.25) is 9.79 Å². The first-order valence-electron chi connectivity index (χ1n) is 8.75. The number of nitrogens with zero attached hydrogens (tertiary/aromatic N) is 1. The van der Waals surface area contributed by atoms with Crippen LogP contribution in [0.1, 0.15) is 37.7 Å². The Labute approximate surface area is 171 Å². The van der Waals surface area contributed by atoms with Crippen molar-refractivity contribution in [2.24, 2.45) is 10.9 Å². The highest BCUT2D eigenvalue weighted by Crippen LogP contribution is 2.41. The average molecular weight is 477 g/mol. The fourth-order valence-corrected chi connectivity index (χ4v) is 2.99. The topological polar surface area (TPSA) is 65.5 Å². The Kier molecular flexibility index (Phi) is 7.81. The van der Waals surface area contributed by atoms with E-state index in [1.165, 1.54) is 5.56 Å². The van der Waals surface area contributed by atoms with Gasteiger partial charge in [0, 0.05) is 36.0 Å². The summed E-state index contributed by atoms with van der Waals surface area (Å²) >= 11 is 6.07. The Bertz CT molecular complexity index is 621.